The van der Waals surface area contributed by atoms with Crippen molar-refractivity contribution in [1.82, 2.24) is 21.1 Å². The Hall–Kier alpha value is -2.36. The first-order chi connectivity index (χ1) is 13.5. The Morgan fingerprint density at radius 3 is 2.86 bits per heavy atom. The van der Waals surface area contributed by atoms with Crippen molar-refractivity contribution in [2.45, 2.75) is 44.2 Å². The number of ether oxygens (including phenoxy) is 1. The normalized spacial score (nSPS) is 29.4. The van der Waals surface area contributed by atoms with Crippen molar-refractivity contribution >= 4 is 17.5 Å². The van der Waals surface area contributed by atoms with Gasteiger partial charge in [-0.15, -0.1) is 0 Å². The van der Waals surface area contributed by atoms with E-state index in [9.17, 15) is 14.7 Å². The molecule has 0 radical (unpaired) electrons. The molecule has 2 heterocycles. The van der Waals surface area contributed by atoms with Gasteiger partial charge in [0.05, 0.1) is 37.7 Å². The Kier molecular flexibility index (Phi) is 5.13. The number of rotatable bonds is 6. The number of anilines is 1. The van der Waals surface area contributed by atoms with Crippen molar-refractivity contribution in [3.63, 3.8) is 0 Å². The highest BCUT2D eigenvalue weighted by molar-refractivity contribution is 5.83. The number of methoxy groups -OCH3 is 1. The molecule has 4 rings (SSSR count). The van der Waals surface area contributed by atoms with Crippen molar-refractivity contribution < 1.29 is 19.4 Å². The topological polar surface area (TPSA) is 115 Å². The van der Waals surface area contributed by atoms with Gasteiger partial charge in [0.15, 0.2) is 0 Å². The van der Waals surface area contributed by atoms with Crippen molar-refractivity contribution in [2.75, 3.05) is 19.5 Å². The van der Waals surface area contributed by atoms with E-state index in [1.165, 1.54) is 5.01 Å². The zero-order chi connectivity index (χ0) is 19.8. The fourth-order valence-electron chi connectivity index (χ4n) is 3.99. The van der Waals surface area contributed by atoms with Crippen LogP contribution >= 0.6 is 0 Å². The Morgan fingerprint density at radius 2 is 2.18 bits per heavy atom. The second-order valence-electron chi connectivity index (χ2n) is 7.71. The minimum absolute atomic E-state index is 0.00656. The molecule has 28 heavy (non-hydrogen) atoms. The van der Waals surface area contributed by atoms with Gasteiger partial charge in [0.2, 0.25) is 11.8 Å². The Labute approximate surface area is 163 Å². The van der Waals surface area contributed by atoms with Gasteiger partial charge in [-0.2, -0.15) is 0 Å². The molecule has 0 bridgehead atoms. The summed E-state index contributed by atoms with van der Waals surface area (Å²) in [5.41, 5.74) is 4.63. The van der Waals surface area contributed by atoms with Crippen LogP contribution < -0.4 is 26.1 Å². The SMILES string of the molecule is COc1cc(CO)ccc1NC1CC(NC(=O)C2CC2)NC2NN(C)C(=O)C12. The molecule has 9 nitrogen and oxygen atoms in total. The molecule has 1 aromatic rings. The summed E-state index contributed by atoms with van der Waals surface area (Å²) in [5, 5.41) is 20.7. The van der Waals surface area contributed by atoms with E-state index in [1.807, 2.05) is 12.1 Å². The number of fused-ring (bicyclic) bond motifs is 1. The lowest BCUT2D eigenvalue weighted by Crippen LogP contribution is -2.63. The maximum absolute atomic E-state index is 12.7. The van der Waals surface area contributed by atoms with Crippen LogP contribution in [0.2, 0.25) is 0 Å². The number of hydrazine groups is 1. The molecule has 2 amide bonds. The van der Waals surface area contributed by atoms with Gasteiger partial charge in [0.1, 0.15) is 5.75 Å². The molecule has 2 saturated heterocycles. The highest BCUT2D eigenvalue weighted by atomic mass is 16.5. The summed E-state index contributed by atoms with van der Waals surface area (Å²) in [4.78, 5) is 24.9. The number of benzene rings is 1. The first kappa shape index (κ1) is 19.0. The lowest BCUT2D eigenvalue weighted by atomic mass is 9.88. The molecule has 4 atom stereocenters. The van der Waals surface area contributed by atoms with Gasteiger partial charge in [0, 0.05) is 25.4 Å². The summed E-state index contributed by atoms with van der Waals surface area (Å²) in [6.07, 6.45) is 1.95. The smallest absolute Gasteiger partial charge is 0.244 e. The first-order valence-electron chi connectivity index (χ1n) is 9.64. The summed E-state index contributed by atoms with van der Waals surface area (Å²) in [7, 11) is 3.27. The second kappa shape index (κ2) is 7.57. The molecular weight excluding hydrogens is 362 g/mol. The summed E-state index contributed by atoms with van der Waals surface area (Å²) >= 11 is 0. The summed E-state index contributed by atoms with van der Waals surface area (Å²) < 4.78 is 5.45. The summed E-state index contributed by atoms with van der Waals surface area (Å²) in [6, 6.07) is 5.23. The Balaban J connectivity index is 1.55. The summed E-state index contributed by atoms with van der Waals surface area (Å²) in [5.74, 6) is 0.469. The van der Waals surface area contributed by atoms with Crippen LogP contribution in [0.1, 0.15) is 24.8 Å². The second-order valence-corrected chi connectivity index (χ2v) is 7.71. The van der Waals surface area contributed by atoms with Crippen LogP contribution in [0.5, 0.6) is 5.75 Å². The Bertz CT molecular complexity index is 769. The number of aliphatic hydroxyl groups excluding tert-OH is 1. The zero-order valence-corrected chi connectivity index (χ0v) is 16.1. The van der Waals surface area contributed by atoms with Gasteiger partial charge in [-0.1, -0.05) is 6.07 Å². The van der Waals surface area contributed by atoms with Crippen molar-refractivity contribution in [1.29, 1.82) is 0 Å². The highest BCUT2D eigenvalue weighted by Gasteiger charge is 2.49. The van der Waals surface area contributed by atoms with E-state index in [0.717, 1.165) is 24.1 Å². The molecule has 2 aliphatic heterocycles. The minimum atomic E-state index is -0.318. The molecule has 9 heteroatoms. The van der Waals surface area contributed by atoms with Gasteiger partial charge in [0.25, 0.3) is 0 Å². The maximum Gasteiger partial charge on any atom is 0.244 e. The van der Waals surface area contributed by atoms with Gasteiger partial charge >= 0.3 is 0 Å². The predicted molar refractivity (Wildman–Crippen MR) is 102 cm³/mol. The van der Waals surface area contributed by atoms with E-state index in [4.69, 9.17) is 4.74 Å². The van der Waals surface area contributed by atoms with Crippen LogP contribution in [-0.2, 0) is 16.2 Å². The third-order valence-corrected chi connectivity index (χ3v) is 5.67. The molecular formula is C19H27N5O4. The summed E-state index contributed by atoms with van der Waals surface area (Å²) in [6.45, 7) is -0.0723. The molecule has 1 aromatic carbocycles. The molecule has 1 saturated carbocycles. The highest BCUT2D eigenvalue weighted by Crippen LogP contribution is 2.33. The van der Waals surface area contributed by atoms with Crippen LogP contribution in [0.3, 0.4) is 0 Å². The minimum Gasteiger partial charge on any atom is -0.495 e. The van der Waals surface area contributed by atoms with E-state index < -0.39 is 0 Å². The van der Waals surface area contributed by atoms with Crippen LogP contribution in [0.25, 0.3) is 0 Å². The number of nitrogens with zero attached hydrogens (tertiary/aromatic N) is 1. The van der Waals surface area contributed by atoms with Crippen LogP contribution in [0.15, 0.2) is 18.2 Å². The van der Waals surface area contributed by atoms with Gasteiger partial charge in [-0.25, -0.2) is 5.43 Å². The number of hydrogen-bond donors (Lipinski definition) is 5. The largest absolute Gasteiger partial charge is 0.495 e. The van der Waals surface area contributed by atoms with Gasteiger partial charge in [-0.3, -0.25) is 19.9 Å². The predicted octanol–water partition coefficient (Wildman–Crippen LogP) is -0.267. The molecule has 0 aromatic heterocycles. The quantitative estimate of drug-likeness (QED) is 0.455. The van der Waals surface area contributed by atoms with Gasteiger partial charge in [-0.05, 0) is 30.5 Å². The number of hydrogen-bond acceptors (Lipinski definition) is 7. The molecule has 5 N–H and O–H groups in total. The van der Waals surface area contributed by atoms with E-state index in [1.54, 1.807) is 20.2 Å². The fraction of sp³-hybridized carbons (Fsp3) is 0.579. The monoisotopic (exact) mass is 389 g/mol. The molecule has 152 valence electrons. The average Bonchev–Trinajstić information content (AvgIpc) is 3.49. The zero-order valence-electron chi connectivity index (χ0n) is 16.1. The van der Waals surface area contributed by atoms with Crippen molar-refractivity contribution in [2.24, 2.45) is 11.8 Å². The molecule has 4 unspecified atom stereocenters. The fourth-order valence-corrected chi connectivity index (χ4v) is 3.99. The van der Waals surface area contributed by atoms with Gasteiger partial charge < -0.3 is 20.5 Å². The third kappa shape index (κ3) is 3.65. The van der Waals surface area contributed by atoms with Crippen molar-refractivity contribution in [3.8, 4) is 5.75 Å². The number of carbonyl (C=O) groups excluding carboxylic acids is 2. The van der Waals surface area contributed by atoms with Crippen molar-refractivity contribution in [3.05, 3.63) is 23.8 Å². The lowest BCUT2D eigenvalue weighted by Gasteiger charge is -2.38. The maximum atomic E-state index is 12.7. The average molecular weight is 389 g/mol. The number of piperidine rings is 1. The number of nitrogens with one attached hydrogen (secondary N) is 4. The molecule has 3 aliphatic rings. The first-order valence-corrected chi connectivity index (χ1v) is 9.64. The van der Waals surface area contributed by atoms with E-state index in [2.05, 4.69) is 21.4 Å². The number of aliphatic hydroxyl groups is 1. The standard InChI is InChI=1S/C19H27N5O4/c1-24-19(27)16-13(20-12-6-3-10(9-25)7-14(12)28-2)8-15(21-17(16)23-24)22-18(26)11-4-5-11/h3,6-7,11,13,15-17,20-21,23,25H,4-5,8-9H2,1-2H3,(H,22,26). The lowest BCUT2D eigenvalue weighted by molar-refractivity contribution is -0.131. The third-order valence-electron chi connectivity index (χ3n) is 5.67. The number of carbonyl (C=O) groups is 2. The van der Waals surface area contributed by atoms with Crippen LogP contribution in [0.4, 0.5) is 5.69 Å². The molecule has 3 fully saturated rings. The molecule has 0 spiro atoms. The van der Waals surface area contributed by atoms with E-state index in [0.29, 0.717) is 12.2 Å². The number of amides is 2. The van der Waals surface area contributed by atoms with E-state index in [-0.39, 0.29) is 48.6 Å². The van der Waals surface area contributed by atoms with Crippen LogP contribution in [-0.4, -0.2) is 54.5 Å². The van der Waals surface area contributed by atoms with Crippen LogP contribution in [0, 0.1) is 11.8 Å². The van der Waals surface area contributed by atoms with E-state index >= 15 is 0 Å². The molecule has 1 aliphatic carbocycles. The Morgan fingerprint density at radius 1 is 1.39 bits per heavy atom.